The van der Waals surface area contributed by atoms with Crippen molar-refractivity contribution < 1.29 is 4.74 Å². The van der Waals surface area contributed by atoms with Gasteiger partial charge in [0, 0.05) is 17.5 Å². The average Bonchev–Trinajstić information content (AvgIpc) is 2.92. The third-order valence-corrected chi connectivity index (χ3v) is 4.55. The first-order valence-corrected chi connectivity index (χ1v) is 7.58. The van der Waals surface area contributed by atoms with E-state index in [9.17, 15) is 0 Å². The number of hydrogen-bond acceptors (Lipinski definition) is 3. The lowest BCUT2D eigenvalue weighted by molar-refractivity contribution is 0.357. The molecule has 0 saturated carbocycles. The molecular weight excluding hydrogens is 316 g/mol. The van der Waals surface area contributed by atoms with E-state index in [1.165, 1.54) is 5.56 Å². The Kier molecular flexibility index (Phi) is 3.42. The van der Waals surface area contributed by atoms with E-state index in [1.807, 2.05) is 0 Å². The van der Waals surface area contributed by atoms with Gasteiger partial charge in [0.1, 0.15) is 17.3 Å². The van der Waals surface area contributed by atoms with E-state index in [4.69, 9.17) is 10.5 Å². The van der Waals surface area contributed by atoms with Crippen molar-refractivity contribution >= 4 is 21.7 Å². The van der Waals surface area contributed by atoms with Crippen LogP contribution in [0.25, 0.3) is 11.3 Å². The van der Waals surface area contributed by atoms with Gasteiger partial charge in [0.15, 0.2) is 0 Å². The van der Waals surface area contributed by atoms with Crippen LogP contribution in [0, 0.1) is 0 Å². The highest BCUT2D eigenvalue weighted by Gasteiger charge is 2.23. The van der Waals surface area contributed by atoms with Gasteiger partial charge < -0.3 is 10.5 Å². The molecule has 3 nitrogen and oxygen atoms in total. The van der Waals surface area contributed by atoms with Crippen LogP contribution >= 0.6 is 15.9 Å². The van der Waals surface area contributed by atoms with E-state index in [0.29, 0.717) is 18.3 Å². The number of nitrogens with two attached hydrogens (primary N) is 1. The molecule has 1 aliphatic rings. The molecule has 2 N–H and O–H groups in total. The van der Waals surface area contributed by atoms with Gasteiger partial charge >= 0.3 is 0 Å². The predicted octanol–water partition coefficient (Wildman–Crippen LogP) is 4.15. The number of aromatic nitrogens is 1. The van der Waals surface area contributed by atoms with Crippen LogP contribution in [0.1, 0.15) is 30.9 Å². The zero-order valence-electron chi connectivity index (χ0n) is 11.6. The van der Waals surface area contributed by atoms with Crippen molar-refractivity contribution in [2.75, 3.05) is 12.3 Å². The summed E-state index contributed by atoms with van der Waals surface area (Å²) in [5, 5.41) is 0. The molecule has 20 heavy (non-hydrogen) atoms. The van der Waals surface area contributed by atoms with Crippen LogP contribution in [0.5, 0.6) is 5.75 Å². The van der Waals surface area contributed by atoms with Crippen molar-refractivity contribution in [3.05, 3.63) is 39.9 Å². The molecule has 0 aliphatic carbocycles. The molecule has 1 aromatic heterocycles. The molecule has 0 unspecified atom stereocenters. The second-order valence-corrected chi connectivity index (χ2v) is 6.14. The van der Waals surface area contributed by atoms with Gasteiger partial charge in [-0.15, -0.1) is 0 Å². The Balaban J connectivity index is 2.11. The van der Waals surface area contributed by atoms with E-state index >= 15 is 0 Å². The first-order valence-electron chi connectivity index (χ1n) is 6.79. The van der Waals surface area contributed by atoms with Gasteiger partial charge in [0.25, 0.3) is 0 Å². The summed E-state index contributed by atoms with van der Waals surface area (Å²) < 4.78 is 6.62. The third kappa shape index (κ3) is 2.18. The summed E-state index contributed by atoms with van der Waals surface area (Å²) in [7, 11) is 0. The van der Waals surface area contributed by atoms with Gasteiger partial charge in [0.05, 0.1) is 11.1 Å². The minimum absolute atomic E-state index is 0.522. The van der Waals surface area contributed by atoms with Gasteiger partial charge in [-0.25, -0.2) is 4.98 Å². The summed E-state index contributed by atoms with van der Waals surface area (Å²) in [5.41, 5.74) is 10.3. The zero-order valence-corrected chi connectivity index (χ0v) is 13.2. The molecule has 2 aromatic rings. The minimum atomic E-state index is 0.522. The highest BCUT2D eigenvalue weighted by Crippen LogP contribution is 2.41. The van der Waals surface area contributed by atoms with E-state index in [2.05, 4.69) is 59.0 Å². The summed E-state index contributed by atoms with van der Waals surface area (Å²) in [4.78, 5) is 4.50. The van der Waals surface area contributed by atoms with E-state index < -0.39 is 0 Å². The Labute approximate surface area is 127 Å². The molecule has 1 aliphatic heterocycles. The van der Waals surface area contributed by atoms with Gasteiger partial charge in [0.2, 0.25) is 0 Å². The first kappa shape index (κ1) is 13.4. The van der Waals surface area contributed by atoms with Crippen LogP contribution in [0.2, 0.25) is 0 Å². The highest BCUT2D eigenvalue weighted by molar-refractivity contribution is 9.10. The van der Waals surface area contributed by atoms with Gasteiger partial charge in [-0.3, -0.25) is 0 Å². The SMILES string of the molecule is CC(C)c1ccc(-c2nc(N)c(Br)c3c2OCC3)cc1. The van der Waals surface area contributed by atoms with Crippen molar-refractivity contribution in [2.24, 2.45) is 0 Å². The maximum Gasteiger partial charge on any atom is 0.150 e. The Morgan fingerprint density at radius 1 is 1.25 bits per heavy atom. The molecule has 0 radical (unpaired) electrons. The maximum atomic E-state index is 6.00. The topological polar surface area (TPSA) is 48.1 Å². The smallest absolute Gasteiger partial charge is 0.150 e. The second-order valence-electron chi connectivity index (χ2n) is 5.34. The van der Waals surface area contributed by atoms with Crippen molar-refractivity contribution in [3.63, 3.8) is 0 Å². The molecule has 1 aromatic carbocycles. The van der Waals surface area contributed by atoms with Crippen LogP contribution in [0.4, 0.5) is 5.82 Å². The zero-order chi connectivity index (χ0) is 14.3. The molecule has 0 spiro atoms. The number of halogens is 1. The summed E-state index contributed by atoms with van der Waals surface area (Å²) in [5.74, 6) is 1.91. The maximum absolute atomic E-state index is 6.00. The number of anilines is 1. The number of nitrogen functional groups attached to an aromatic ring is 1. The standard InChI is InChI=1S/C16H17BrN2O/c1-9(2)10-3-5-11(6-4-10)14-15-12(7-8-20-15)13(17)16(18)19-14/h3-6,9H,7-8H2,1-2H3,(H2,18,19). The van der Waals surface area contributed by atoms with E-state index in [1.54, 1.807) is 0 Å². The molecule has 0 saturated heterocycles. The Morgan fingerprint density at radius 3 is 2.60 bits per heavy atom. The summed E-state index contributed by atoms with van der Waals surface area (Å²) in [6.45, 7) is 5.06. The van der Waals surface area contributed by atoms with Crippen molar-refractivity contribution in [2.45, 2.75) is 26.2 Å². The molecule has 0 bridgehead atoms. The quantitative estimate of drug-likeness (QED) is 0.898. The van der Waals surface area contributed by atoms with Gasteiger partial charge in [-0.2, -0.15) is 0 Å². The van der Waals surface area contributed by atoms with Crippen LogP contribution < -0.4 is 10.5 Å². The summed E-state index contributed by atoms with van der Waals surface area (Å²) in [6, 6.07) is 8.46. The number of fused-ring (bicyclic) bond motifs is 1. The van der Waals surface area contributed by atoms with Crippen molar-refractivity contribution in [1.82, 2.24) is 4.98 Å². The number of rotatable bonds is 2. The lowest BCUT2D eigenvalue weighted by Gasteiger charge is -2.12. The lowest BCUT2D eigenvalue weighted by Crippen LogP contribution is -1.98. The number of benzene rings is 1. The third-order valence-electron chi connectivity index (χ3n) is 3.66. The highest BCUT2D eigenvalue weighted by atomic mass is 79.9. The minimum Gasteiger partial charge on any atom is -0.491 e. The monoisotopic (exact) mass is 332 g/mol. The lowest BCUT2D eigenvalue weighted by atomic mass is 10.00. The predicted molar refractivity (Wildman–Crippen MR) is 85.1 cm³/mol. The Bertz CT molecular complexity index is 651. The number of ether oxygens (including phenoxy) is 1. The van der Waals surface area contributed by atoms with E-state index in [-0.39, 0.29) is 0 Å². The van der Waals surface area contributed by atoms with Gasteiger partial charge in [-0.1, -0.05) is 38.1 Å². The van der Waals surface area contributed by atoms with E-state index in [0.717, 1.165) is 33.5 Å². The Morgan fingerprint density at radius 2 is 1.95 bits per heavy atom. The fraction of sp³-hybridized carbons (Fsp3) is 0.312. The molecule has 0 fully saturated rings. The second kappa shape index (κ2) is 5.09. The fourth-order valence-corrected chi connectivity index (χ4v) is 2.94. The fourth-order valence-electron chi connectivity index (χ4n) is 2.47. The molecule has 104 valence electrons. The molecule has 3 rings (SSSR count). The van der Waals surface area contributed by atoms with Crippen molar-refractivity contribution in [1.29, 1.82) is 0 Å². The first-order chi connectivity index (χ1) is 9.58. The molecule has 2 heterocycles. The summed E-state index contributed by atoms with van der Waals surface area (Å²) in [6.07, 6.45) is 0.875. The normalized spacial score (nSPS) is 13.4. The average molecular weight is 333 g/mol. The number of pyridine rings is 1. The molecule has 4 heteroatoms. The summed E-state index contributed by atoms with van der Waals surface area (Å²) >= 11 is 3.50. The number of nitrogens with zero attached hydrogens (tertiary/aromatic N) is 1. The van der Waals surface area contributed by atoms with Crippen LogP contribution in [0.15, 0.2) is 28.7 Å². The molecular formula is C16H17BrN2O. The van der Waals surface area contributed by atoms with Crippen LogP contribution in [0.3, 0.4) is 0 Å². The van der Waals surface area contributed by atoms with Crippen LogP contribution in [-0.2, 0) is 6.42 Å². The Hall–Kier alpha value is -1.55. The van der Waals surface area contributed by atoms with Crippen LogP contribution in [-0.4, -0.2) is 11.6 Å². The van der Waals surface area contributed by atoms with Crippen molar-refractivity contribution in [3.8, 4) is 17.0 Å². The molecule has 0 amide bonds. The largest absolute Gasteiger partial charge is 0.491 e. The number of hydrogen-bond donors (Lipinski definition) is 1. The molecule has 0 atom stereocenters. The van der Waals surface area contributed by atoms with Gasteiger partial charge in [-0.05, 0) is 27.4 Å².